The molecule has 2 aromatic rings. The first-order valence-corrected chi connectivity index (χ1v) is 11.1. The summed E-state index contributed by atoms with van der Waals surface area (Å²) < 4.78 is 5.54. The van der Waals surface area contributed by atoms with E-state index in [9.17, 15) is 0 Å². The number of hydrogen-bond acceptors (Lipinski definition) is 6. The fraction of sp³-hybridized carbons (Fsp3) is 0.579. The maximum atomic E-state index is 5.54. The van der Waals surface area contributed by atoms with Crippen LogP contribution in [0.4, 0.5) is 0 Å². The molecule has 1 unspecified atom stereocenters. The molecule has 0 spiro atoms. The molecule has 1 aliphatic rings. The summed E-state index contributed by atoms with van der Waals surface area (Å²) in [5.41, 5.74) is 0. The summed E-state index contributed by atoms with van der Waals surface area (Å²) in [6.45, 7) is 12.1. The second-order valence-corrected chi connectivity index (χ2v) is 9.19. The summed E-state index contributed by atoms with van der Waals surface area (Å²) in [6.07, 6.45) is 1.91. The van der Waals surface area contributed by atoms with Crippen molar-refractivity contribution in [2.75, 3.05) is 39.4 Å². The molecule has 1 fully saturated rings. The highest BCUT2D eigenvalue weighted by atomic mass is 32.1. The Bertz CT molecular complexity index is 736. The SMILES string of the molecule is CCNC(=NCc1ncc(C)s1)NCC(c1ccc(C)s1)N1CCOCC1. The van der Waals surface area contributed by atoms with E-state index in [-0.39, 0.29) is 0 Å². The van der Waals surface area contributed by atoms with E-state index in [0.717, 1.165) is 50.4 Å². The van der Waals surface area contributed by atoms with Crippen molar-refractivity contribution in [2.45, 2.75) is 33.4 Å². The molecule has 0 aliphatic carbocycles. The summed E-state index contributed by atoms with van der Waals surface area (Å²) in [7, 11) is 0. The van der Waals surface area contributed by atoms with E-state index in [4.69, 9.17) is 9.73 Å². The van der Waals surface area contributed by atoms with Crippen molar-refractivity contribution >= 4 is 28.6 Å². The summed E-state index contributed by atoms with van der Waals surface area (Å²) in [5.74, 6) is 0.844. The molecule has 0 saturated carbocycles. The second kappa shape index (κ2) is 10.2. The second-order valence-electron chi connectivity index (χ2n) is 6.55. The minimum Gasteiger partial charge on any atom is -0.379 e. The van der Waals surface area contributed by atoms with Crippen LogP contribution >= 0.6 is 22.7 Å². The highest BCUT2D eigenvalue weighted by Crippen LogP contribution is 2.27. The lowest BCUT2D eigenvalue weighted by Crippen LogP contribution is -2.46. The third kappa shape index (κ3) is 6.00. The number of guanidine groups is 1. The molecule has 6 nitrogen and oxygen atoms in total. The molecule has 8 heteroatoms. The van der Waals surface area contributed by atoms with E-state index in [1.807, 2.05) is 17.5 Å². The Labute approximate surface area is 169 Å². The van der Waals surface area contributed by atoms with Crippen LogP contribution in [0.2, 0.25) is 0 Å². The lowest BCUT2D eigenvalue weighted by atomic mass is 10.2. The number of hydrogen-bond donors (Lipinski definition) is 2. The number of nitrogens with one attached hydrogen (secondary N) is 2. The van der Waals surface area contributed by atoms with Crippen LogP contribution in [0.1, 0.15) is 32.6 Å². The van der Waals surface area contributed by atoms with E-state index in [2.05, 4.69) is 53.4 Å². The molecule has 0 bridgehead atoms. The maximum absolute atomic E-state index is 5.54. The van der Waals surface area contributed by atoms with Gasteiger partial charge in [0.1, 0.15) is 5.01 Å². The summed E-state index contributed by atoms with van der Waals surface area (Å²) in [4.78, 5) is 15.6. The Morgan fingerprint density at radius 1 is 1.22 bits per heavy atom. The number of aromatic nitrogens is 1. The minimum absolute atomic E-state index is 0.332. The maximum Gasteiger partial charge on any atom is 0.191 e. The Hall–Kier alpha value is -1.48. The van der Waals surface area contributed by atoms with Crippen LogP contribution in [-0.2, 0) is 11.3 Å². The molecule has 3 heterocycles. The van der Waals surface area contributed by atoms with Gasteiger partial charge in [-0.05, 0) is 32.9 Å². The van der Waals surface area contributed by atoms with Crippen molar-refractivity contribution in [3.63, 3.8) is 0 Å². The van der Waals surface area contributed by atoms with Crippen LogP contribution in [0.25, 0.3) is 0 Å². The van der Waals surface area contributed by atoms with Crippen molar-refractivity contribution < 1.29 is 4.74 Å². The Morgan fingerprint density at radius 2 is 2.04 bits per heavy atom. The monoisotopic (exact) mass is 407 g/mol. The molecule has 1 aliphatic heterocycles. The highest BCUT2D eigenvalue weighted by molar-refractivity contribution is 7.12. The van der Waals surface area contributed by atoms with Crippen LogP contribution in [-0.4, -0.2) is 55.2 Å². The molecule has 0 amide bonds. The zero-order valence-electron chi connectivity index (χ0n) is 16.3. The first-order valence-electron chi connectivity index (χ1n) is 9.47. The Morgan fingerprint density at radius 3 is 2.67 bits per heavy atom. The van der Waals surface area contributed by atoms with Gasteiger partial charge in [-0.1, -0.05) is 0 Å². The van der Waals surface area contributed by atoms with Crippen LogP contribution in [0, 0.1) is 13.8 Å². The van der Waals surface area contributed by atoms with Gasteiger partial charge in [-0.25, -0.2) is 9.98 Å². The van der Waals surface area contributed by atoms with E-state index in [1.54, 1.807) is 11.3 Å². The van der Waals surface area contributed by atoms with Gasteiger partial charge in [0, 0.05) is 47.0 Å². The number of rotatable bonds is 7. The summed E-state index contributed by atoms with van der Waals surface area (Å²) in [6, 6.07) is 4.79. The van der Waals surface area contributed by atoms with Crippen molar-refractivity contribution in [1.29, 1.82) is 0 Å². The Kier molecular flexibility index (Phi) is 7.63. The zero-order valence-corrected chi connectivity index (χ0v) is 18.0. The van der Waals surface area contributed by atoms with Crippen molar-refractivity contribution in [3.8, 4) is 0 Å². The number of aryl methyl sites for hydroxylation is 2. The average Bonchev–Trinajstić information content (AvgIpc) is 3.29. The average molecular weight is 408 g/mol. The quantitative estimate of drug-likeness (QED) is 0.546. The van der Waals surface area contributed by atoms with E-state index in [1.165, 1.54) is 14.6 Å². The van der Waals surface area contributed by atoms with E-state index in [0.29, 0.717) is 12.6 Å². The van der Waals surface area contributed by atoms with Crippen LogP contribution in [0.3, 0.4) is 0 Å². The minimum atomic E-state index is 0.332. The van der Waals surface area contributed by atoms with Crippen LogP contribution in [0.5, 0.6) is 0 Å². The third-order valence-corrected chi connectivity index (χ3v) is 6.42. The Balaban J connectivity index is 1.67. The standard InChI is InChI=1S/C19H29N5OS2/c1-4-20-19(23-13-18-21-11-15(3)27-18)22-12-16(17-6-5-14(2)26-17)24-7-9-25-10-8-24/h5-6,11,16H,4,7-10,12-13H2,1-3H3,(H2,20,22,23). The number of nitrogens with zero attached hydrogens (tertiary/aromatic N) is 3. The van der Waals surface area contributed by atoms with Crippen LogP contribution in [0.15, 0.2) is 23.3 Å². The number of thiazole rings is 1. The number of aliphatic imine (C=N–C) groups is 1. The first kappa shape index (κ1) is 20.3. The van der Waals surface area contributed by atoms with Gasteiger partial charge in [-0.3, -0.25) is 4.90 Å². The van der Waals surface area contributed by atoms with Gasteiger partial charge in [0.05, 0.1) is 25.8 Å². The summed E-state index contributed by atoms with van der Waals surface area (Å²) in [5, 5.41) is 7.94. The van der Waals surface area contributed by atoms with Gasteiger partial charge in [0.2, 0.25) is 0 Å². The van der Waals surface area contributed by atoms with Crippen molar-refractivity contribution in [3.05, 3.63) is 38.0 Å². The molecule has 1 atom stereocenters. The fourth-order valence-electron chi connectivity index (χ4n) is 3.09. The molecule has 27 heavy (non-hydrogen) atoms. The lowest BCUT2D eigenvalue weighted by molar-refractivity contribution is 0.0177. The number of thiophene rings is 1. The highest BCUT2D eigenvalue weighted by Gasteiger charge is 2.24. The third-order valence-electron chi connectivity index (χ3n) is 4.42. The molecule has 0 aromatic carbocycles. The summed E-state index contributed by atoms with van der Waals surface area (Å²) >= 11 is 3.58. The van der Waals surface area contributed by atoms with Crippen molar-refractivity contribution in [1.82, 2.24) is 20.5 Å². The van der Waals surface area contributed by atoms with Gasteiger partial charge in [0.25, 0.3) is 0 Å². The topological polar surface area (TPSA) is 61.8 Å². The molecule has 0 radical (unpaired) electrons. The van der Waals surface area contributed by atoms with E-state index >= 15 is 0 Å². The van der Waals surface area contributed by atoms with Gasteiger partial charge in [0.15, 0.2) is 5.96 Å². The van der Waals surface area contributed by atoms with E-state index < -0.39 is 0 Å². The van der Waals surface area contributed by atoms with Gasteiger partial charge >= 0.3 is 0 Å². The molecular weight excluding hydrogens is 378 g/mol. The predicted octanol–water partition coefficient (Wildman–Crippen LogP) is 2.95. The van der Waals surface area contributed by atoms with Gasteiger partial charge in [-0.15, -0.1) is 22.7 Å². The van der Waals surface area contributed by atoms with Crippen molar-refractivity contribution in [2.24, 2.45) is 4.99 Å². The smallest absolute Gasteiger partial charge is 0.191 e. The molecule has 148 valence electrons. The van der Waals surface area contributed by atoms with Gasteiger partial charge < -0.3 is 15.4 Å². The first-order chi connectivity index (χ1) is 13.2. The lowest BCUT2D eigenvalue weighted by Gasteiger charge is -2.34. The number of morpholine rings is 1. The molecule has 1 saturated heterocycles. The van der Waals surface area contributed by atoms with Crippen LogP contribution < -0.4 is 10.6 Å². The predicted molar refractivity (Wildman–Crippen MR) is 114 cm³/mol. The molecular formula is C19H29N5OS2. The fourth-order valence-corrected chi connectivity index (χ4v) is 4.81. The normalized spacial score (nSPS) is 17.1. The molecule has 3 rings (SSSR count). The molecule has 2 N–H and O–H groups in total. The molecule has 2 aromatic heterocycles. The zero-order chi connectivity index (χ0) is 19.1. The largest absolute Gasteiger partial charge is 0.379 e. The van der Waals surface area contributed by atoms with Gasteiger partial charge in [-0.2, -0.15) is 0 Å². The number of ether oxygens (including phenoxy) is 1.